The van der Waals surface area contributed by atoms with Crippen molar-refractivity contribution in [3.63, 3.8) is 0 Å². The predicted molar refractivity (Wildman–Crippen MR) is 119 cm³/mol. The zero-order chi connectivity index (χ0) is 22.7. The first-order valence-corrected chi connectivity index (χ1v) is 11.1. The molecule has 32 heavy (non-hydrogen) atoms. The van der Waals surface area contributed by atoms with Crippen LogP contribution in [0.2, 0.25) is 0 Å². The number of carbonyl (C=O) groups is 1. The topological polar surface area (TPSA) is 77.5 Å². The van der Waals surface area contributed by atoms with Crippen molar-refractivity contribution in [3.05, 3.63) is 53.6 Å². The molecule has 0 aliphatic carbocycles. The van der Waals surface area contributed by atoms with Gasteiger partial charge in [0, 0.05) is 31.7 Å². The van der Waals surface area contributed by atoms with Crippen LogP contribution in [0.3, 0.4) is 0 Å². The van der Waals surface area contributed by atoms with E-state index in [1.54, 1.807) is 7.11 Å². The standard InChI is InChI=1S/C25H31NO6/c1-16(2)30-12-4-11-26-14-20(18-7-10-21-22(13-18)32-15-31-21)23(25(27)28)24(26)17-5-8-19(29-3)9-6-17/h5-10,13,16,20,23-24H,4,11-12,14-15H2,1-3H3,(H,27,28)/t20?,23-,24+/m0/s1. The molecule has 3 atom stereocenters. The van der Waals surface area contributed by atoms with Gasteiger partial charge in [-0.1, -0.05) is 18.2 Å². The zero-order valence-electron chi connectivity index (χ0n) is 18.8. The van der Waals surface area contributed by atoms with Crippen LogP contribution >= 0.6 is 0 Å². The van der Waals surface area contributed by atoms with E-state index in [9.17, 15) is 9.90 Å². The SMILES string of the molecule is COc1ccc([C@@H]2[C@@H](C(=O)O)C(c3ccc4c(c3)OCO4)CN2CCCOC(C)C)cc1. The van der Waals surface area contributed by atoms with Crippen molar-refractivity contribution >= 4 is 5.97 Å². The van der Waals surface area contributed by atoms with Gasteiger partial charge in [0.05, 0.1) is 19.1 Å². The summed E-state index contributed by atoms with van der Waals surface area (Å²) in [6, 6.07) is 13.2. The number of benzene rings is 2. The summed E-state index contributed by atoms with van der Waals surface area (Å²) in [6.07, 6.45) is 1.02. The van der Waals surface area contributed by atoms with Crippen LogP contribution in [0.1, 0.15) is 43.4 Å². The molecular formula is C25H31NO6. The van der Waals surface area contributed by atoms with E-state index >= 15 is 0 Å². The molecule has 1 N–H and O–H groups in total. The van der Waals surface area contributed by atoms with Crippen molar-refractivity contribution < 1.29 is 28.8 Å². The van der Waals surface area contributed by atoms with Gasteiger partial charge >= 0.3 is 5.97 Å². The number of carboxylic acid groups (broad SMARTS) is 1. The molecule has 0 bridgehead atoms. The Morgan fingerprint density at radius 3 is 2.53 bits per heavy atom. The van der Waals surface area contributed by atoms with Crippen LogP contribution in [0, 0.1) is 5.92 Å². The molecule has 7 nitrogen and oxygen atoms in total. The summed E-state index contributed by atoms with van der Waals surface area (Å²) < 4.78 is 22.0. The molecule has 0 spiro atoms. The van der Waals surface area contributed by atoms with Crippen molar-refractivity contribution in [1.82, 2.24) is 4.90 Å². The van der Waals surface area contributed by atoms with Crippen LogP contribution in [-0.2, 0) is 9.53 Å². The Bertz CT molecular complexity index is 929. The van der Waals surface area contributed by atoms with E-state index in [0.29, 0.717) is 24.7 Å². The summed E-state index contributed by atoms with van der Waals surface area (Å²) in [4.78, 5) is 14.8. The first-order valence-electron chi connectivity index (χ1n) is 11.1. The van der Waals surface area contributed by atoms with E-state index in [1.165, 1.54) is 0 Å². The van der Waals surface area contributed by atoms with Gasteiger partial charge < -0.3 is 24.1 Å². The fraction of sp³-hybridized carbons (Fsp3) is 0.480. The van der Waals surface area contributed by atoms with Gasteiger partial charge in [-0.2, -0.15) is 0 Å². The molecule has 2 aliphatic heterocycles. The number of aliphatic carboxylic acids is 1. The minimum absolute atomic E-state index is 0.167. The van der Waals surface area contributed by atoms with E-state index in [4.69, 9.17) is 18.9 Å². The minimum atomic E-state index is -0.797. The number of hydrogen-bond donors (Lipinski definition) is 1. The lowest BCUT2D eigenvalue weighted by atomic mass is 9.82. The van der Waals surface area contributed by atoms with Crippen LogP contribution in [-0.4, -0.2) is 55.7 Å². The molecule has 0 saturated carbocycles. The minimum Gasteiger partial charge on any atom is -0.497 e. The average Bonchev–Trinajstić information content (AvgIpc) is 3.40. The third-order valence-electron chi connectivity index (χ3n) is 6.21. The highest BCUT2D eigenvalue weighted by Gasteiger charge is 2.47. The summed E-state index contributed by atoms with van der Waals surface area (Å²) in [5.41, 5.74) is 1.94. The van der Waals surface area contributed by atoms with Crippen molar-refractivity contribution in [2.24, 2.45) is 5.92 Å². The number of nitrogens with zero attached hydrogens (tertiary/aromatic N) is 1. The Morgan fingerprint density at radius 2 is 1.84 bits per heavy atom. The number of ether oxygens (including phenoxy) is 4. The van der Waals surface area contributed by atoms with E-state index in [0.717, 1.165) is 29.8 Å². The van der Waals surface area contributed by atoms with Gasteiger partial charge in [-0.05, 0) is 55.7 Å². The molecule has 4 rings (SSSR count). The van der Waals surface area contributed by atoms with Crippen molar-refractivity contribution in [2.45, 2.75) is 38.3 Å². The maximum atomic E-state index is 12.6. The van der Waals surface area contributed by atoms with E-state index in [1.807, 2.05) is 56.3 Å². The van der Waals surface area contributed by atoms with Gasteiger partial charge in [-0.15, -0.1) is 0 Å². The summed E-state index contributed by atoms with van der Waals surface area (Å²) in [5.74, 6) is 0.580. The highest BCUT2D eigenvalue weighted by molar-refractivity contribution is 5.74. The second-order valence-electron chi connectivity index (χ2n) is 8.57. The second kappa shape index (κ2) is 9.79. The molecule has 0 amide bonds. The number of likely N-dealkylation sites (tertiary alicyclic amines) is 1. The summed E-state index contributed by atoms with van der Waals surface area (Å²) in [5, 5.41) is 10.3. The third kappa shape index (κ3) is 4.69. The maximum absolute atomic E-state index is 12.6. The normalized spacial score (nSPS) is 22.4. The number of fused-ring (bicyclic) bond motifs is 1. The zero-order valence-corrected chi connectivity index (χ0v) is 18.8. The van der Waals surface area contributed by atoms with E-state index in [-0.39, 0.29) is 24.9 Å². The van der Waals surface area contributed by atoms with Gasteiger partial charge in [0.2, 0.25) is 6.79 Å². The molecule has 0 aromatic heterocycles. The molecule has 1 fully saturated rings. The molecule has 2 heterocycles. The maximum Gasteiger partial charge on any atom is 0.309 e. The van der Waals surface area contributed by atoms with Crippen LogP contribution < -0.4 is 14.2 Å². The second-order valence-corrected chi connectivity index (χ2v) is 8.57. The lowest BCUT2D eigenvalue weighted by molar-refractivity contribution is -0.143. The number of hydrogen-bond acceptors (Lipinski definition) is 6. The molecule has 2 aromatic carbocycles. The predicted octanol–water partition coefficient (Wildman–Crippen LogP) is 4.08. The Labute approximate surface area is 188 Å². The van der Waals surface area contributed by atoms with Crippen LogP contribution in [0.5, 0.6) is 17.2 Å². The highest BCUT2D eigenvalue weighted by Crippen LogP contribution is 2.47. The van der Waals surface area contributed by atoms with E-state index < -0.39 is 11.9 Å². The molecule has 172 valence electrons. The first kappa shape index (κ1) is 22.4. The summed E-state index contributed by atoms with van der Waals surface area (Å²) in [6.45, 7) is 6.29. The van der Waals surface area contributed by atoms with Crippen LogP contribution in [0.15, 0.2) is 42.5 Å². The Kier molecular flexibility index (Phi) is 6.86. The monoisotopic (exact) mass is 441 g/mol. The lowest BCUT2D eigenvalue weighted by Gasteiger charge is -2.27. The van der Waals surface area contributed by atoms with Crippen LogP contribution in [0.25, 0.3) is 0 Å². The molecule has 2 aromatic rings. The van der Waals surface area contributed by atoms with Crippen molar-refractivity contribution in [3.8, 4) is 17.2 Å². The molecule has 7 heteroatoms. The number of methoxy groups -OCH3 is 1. The van der Waals surface area contributed by atoms with Gasteiger partial charge in [-0.25, -0.2) is 0 Å². The van der Waals surface area contributed by atoms with Gasteiger partial charge in [0.25, 0.3) is 0 Å². The average molecular weight is 442 g/mol. The van der Waals surface area contributed by atoms with E-state index in [2.05, 4.69) is 4.90 Å². The van der Waals surface area contributed by atoms with Gasteiger partial charge in [-0.3, -0.25) is 9.69 Å². The highest BCUT2D eigenvalue weighted by atomic mass is 16.7. The fourth-order valence-corrected chi connectivity index (χ4v) is 4.73. The van der Waals surface area contributed by atoms with Crippen molar-refractivity contribution in [1.29, 1.82) is 0 Å². The molecule has 2 aliphatic rings. The van der Waals surface area contributed by atoms with Gasteiger partial charge in [0.1, 0.15) is 5.75 Å². The Balaban J connectivity index is 1.64. The fourth-order valence-electron chi connectivity index (χ4n) is 4.73. The van der Waals surface area contributed by atoms with Gasteiger partial charge in [0.15, 0.2) is 11.5 Å². The quantitative estimate of drug-likeness (QED) is 0.588. The molecular weight excluding hydrogens is 410 g/mol. The van der Waals surface area contributed by atoms with Crippen LogP contribution in [0.4, 0.5) is 0 Å². The third-order valence-corrected chi connectivity index (χ3v) is 6.21. The van der Waals surface area contributed by atoms with Crippen molar-refractivity contribution in [2.75, 3.05) is 33.6 Å². The number of rotatable bonds is 9. The lowest BCUT2D eigenvalue weighted by Crippen LogP contribution is -2.30. The summed E-state index contributed by atoms with van der Waals surface area (Å²) in [7, 11) is 1.63. The molecule has 0 radical (unpaired) electrons. The smallest absolute Gasteiger partial charge is 0.309 e. The first-order chi connectivity index (χ1) is 15.5. The Morgan fingerprint density at radius 1 is 1.12 bits per heavy atom. The summed E-state index contributed by atoms with van der Waals surface area (Å²) >= 11 is 0. The Hall–Kier alpha value is -2.77. The number of carboxylic acids is 1. The molecule has 1 saturated heterocycles. The molecule has 1 unspecified atom stereocenters. The largest absolute Gasteiger partial charge is 0.497 e.